The molecule has 2 aromatic carbocycles. The van der Waals surface area contributed by atoms with Gasteiger partial charge in [-0.1, -0.05) is 48.5 Å². The summed E-state index contributed by atoms with van der Waals surface area (Å²) in [6.45, 7) is -0.116. The van der Waals surface area contributed by atoms with E-state index in [0.717, 1.165) is 0 Å². The predicted octanol–water partition coefficient (Wildman–Crippen LogP) is 0.779. The molecule has 0 spiro atoms. The highest BCUT2D eigenvalue weighted by Gasteiger charge is 2.40. The van der Waals surface area contributed by atoms with Crippen molar-refractivity contribution in [2.75, 3.05) is 13.2 Å². The van der Waals surface area contributed by atoms with Gasteiger partial charge in [-0.05, 0) is 11.6 Å². The summed E-state index contributed by atoms with van der Waals surface area (Å²) in [7, 11) is 0. The first-order chi connectivity index (χ1) is 10.1. The van der Waals surface area contributed by atoms with Crippen LogP contribution in [0, 0.1) is 0 Å². The molecule has 0 bridgehead atoms. The zero-order valence-electron chi connectivity index (χ0n) is 11.4. The molecule has 0 fully saturated rings. The van der Waals surface area contributed by atoms with Gasteiger partial charge in [0.1, 0.15) is 12.4 Å². The Kier molecular flexibility index (Phi) is 4.57. The van der Waals surface area contributed by atoms with Crippen LogP contribution in [-0.4, -0.2) is 29.3 Å². The second-order valence-electron chi connectivity index (χ2n) is 4.51. The summed E-state index contributed by atoms with van der Waals surface area (Å²) in [5.74, 6) is -0.592. The van der Waals surface area contributed by atoms with Gasteiger partial charge in [0.2, 0.25) is 0 Å². The Morgan fingerprint density at radius 3 is 2.33 bits per heavy atom. The number of aliphatic hydroxyl groups excluding tert-OH is 1. The van der Waals surface area contributed by atoms with Crippen molar-refractivity contribution in [3.05, 3.63) is 65.7 Å². The lowest BCUT2D eigenvalue weighted by molar-refractivity contribution is -0.133. The summed E-state index contributed by atoms with van der Waals surface area (Å²) in [4.78, 5) is 11.9. The highest BCUT2D eigenvalue weighted by Crippen LogP contribution is 2.35. The molecule has 0 saturated heterocycles. The molecule has 0 saturated carbocycles. The van der Waals surface area contributed by atoms with E-state index in [1.807, 2.05) is 0 Å². The molecule has 0 aromatic heterocycles. The number of hydrogen-bond acceptors (Lipinski definition) is 4. The molecular formula is C16H17NO4. The maximum Gasteiger partial charge on any atom is 0.258 e. The van der Waals surface area contributed by atoms with E-state index in [2.05, 4.69) is 0 Å². The van der Waals surface area contributed by atoms with Crippen molar-refractivity contribution in [3.8, 4) is 5.75 Å². The Hall–Kier alpha value is -2.37. The molecule has 1 amide bonds. The Morgan fingerprint density at radius 1 is 1.10 bits per heavy atom. The molecule has 0 aliphatic rings. The van der Waals surface area contributed by atoms with Crippen molar-refractivity contribution in [1.82, 2.24) is 0 Å². The van der Waals surface area contributed by atoms with Crippen molar-refractivity contribution in [1.29, 1.82) is 0 Å². The molecule has 4 N–H and O–H groups in total. The van der Waals surface area contributed by atoms with E-state index in [9.17, 15) is 9.90 Å². The molecule has 0 aliphatic carbocycles. The van der Waals surface area contributed by atoms with Crippen LogP contribution in [0.25, 0.3) is 0 Å². The largest absolute Gasteiger partial charge is 0.491 e. The van der Waals surface area contributed by atoms with Crippen LogP contribution in [-0.2, 0) is 10.4 Å². The summed E-state index contributed by atoms with van der Waals surface area (Å²) >= 11 is 0. The number of carbonyl (C=O) groups excluding carboxylic acids is 1. The number of ether oxygens (including phenoxy) is 1. The van der Waals surface area contributed by atoms with E-state index in [0.29, 0.717) is 11.3 Å². The molecule has 5 heteroatoms. The maximum atomic E-state index is 11.9. The number of hydrogen-bond donors (Lipinski definition) is 3. The fraction of sp³-hybridized carbons (Fsp3) is 0.188. The third-order valence-electron chi connectivity index (χ3n) is 3.17. The van der Waals surface area contributed by atoms with Crippen molar-refractivity contribution < 1.29 is 19.7 Å². The molecule has 0 aliphatic heterocycles. The molecule has 0 heterocycles. The molecule has 0 radical (unpaired) electrons. The molecule has 110 valence electrons. The van der Waals surface area contributed by atoms with Crippen LogP contribution < -0.4 is 10.5 Å². The topological polar surface area (TPSA) is 92.8 Å². The third-order valence-corrected chi connectivity index (χ3v) is 3.17. The lowest BCUT2D eigenvalue weighted by Gasteiger charge is -2.27. The van der Waals surface area contributed by atoms with Crippen LogP contribution >= 0.6 is 0 Å². The zero-order valence-corrected chi connectivity index (χ0v) is 11.4. The lowest BCUT2D eigenvalue weighted by Crippen LogP contribution is -2.42. The van der Waals surface area contributed by atoms with Gasteiger partial charge in [0.25, 0.3) is 5.91 Å². The molecule has 2 aromatic rings. The van der Waals surface area contributed by atoms with Crippen LogP contribution in [0.5, 0.6) is 5.75 Å². The van der Waals surface area contributed by atoms with Crippen LogP contribution in [0.3, 0.4) is 0 Å². The number of rotatable bonds is 6. The van der Waals surface area contributed by atoms with Crippen molar-refractivity contribution >= 4 is 5.91 Å². The third kappa shape index (κ3) is 2.89. The zero-order chi connectivity index (χ0) is 15.3. The van der Waals surface area contributed by atoms with E-state index in [4.69, 9.17) is 15.6 Å². The van der Waals surface area contributed by atoms with Crippen LogP contribution in [0.1, 0.15) is 11.1 Å². The Bertz CT molecular complexity index is 615. The Balaban J connectivity index is 2.56. The number of amides is 1. The molecule has 1 unspecified atom stereocenters. The summed E-state index contributed by atoms with van der Waals surface area (Å²) in [5.41, 5.74) is 4.05. The van der Waals surface area contributed by atoms with E-state index in [1.54, 1.807) is 54.6 Å². The minimum Gasteiger partial charge on any atom is -0.491 e. The highest BCUT2D eigenvalue weighted by molar-refractivity contribution is 5.89. The van der Waals surface area contributed by atoms with Gasteiger partial charge in [0.05, 0.1) is 6.61 Å². The van der Waals surface area contributed by atoms with Gasteiger partial charge in [0.15, 0.2) is 5.60 Å². The summed E-state index contributed by atoms with van der Waals surface area (Å²) in [6.07, 6.45) is 0. The van der Waals surface area contributed by atoms with Gasteiger partial charge in [-0.2, -0.15) is 0 Å². The van der Waals surface area contributed by atoms with Gasteiger partial charge in [-0.3, -0.25) is 4.79 Å². The monoisotopic (exact) mass is 287 g/mol. The number of para-hydroxylation sites is 1. The molecule has 1 atom stereocenters. The molecular weight excluding hydrogens is 270 g/mol. The van der Waals surface area contributed by atoms with Crippen LogP contribution in [0.15, 0.2) is 54.6 Å². The second-order valence-corrected chi connectivity index (χ2v) is 4.51. The number of aliphatic hydroxyl groups is 2. The van der Waals surface area contributed by atoms with E-state index in [-0.39, 0.29) is 18.8 Å². The Morgan fingerprint density at radius 2 is 1.71 bits per heavy atom. The predicted molar refractivity (Wildman–Crippen MR) is 77.7 cm³/mol. The first kappa shape index (κ1) is 15.0. The highest BCUT2D eigenvalue weighted by atomic mass is 16.5. The minimum absolute atomic E-state index is 0.0562. The van der Waals surface area contributed by atoms with Crippen molar-refractivity contribution in [2.45, 2.75) is 5.60 Å². The van der Waals surface area contributed by atoms with E-state index < -0.39 is 11.5 Å². The fourth-order valence-electron chi connectivity index (χ4n) is 2.16. The van der Waals surface area contributed by atoms with Crippen LogP contribution in [0.4, 0.5) is 0 Å². The first-order valence-corrected chi connectivity index (χ1v) is 6.51. The van der Waals surface area contributed by atoms with Crippen molar-refractivity contribution in [3.63, 3.8) is 0 Å². The summed E-state index contributed by atoms with van der Waals surface area (Å²) < 4.78 is 5.39. The minimum atomic E-state index is -1.99. The average molecular weight is 287 g/mol. The van der Waals surface area contributed by atoms with Gasteiger partial charge in [-0.15, -0.1) is 0 Å². The molecule has 2 rings (SSSR count). The SMILES string of the molecule is NC(=O)C(O)(c1ccccc1)c1ccccc1OCCO. The summed E-state index contributed by atoms with van der Waals surface area (Å²) in [5, 5.41) is 19.8. The van der Waals surface area contributed by atoms with Gasteiger partial charge in [-0.25, -0.2) is 0 Å². The molecule has 5 nitrogen and oxygen atoms in total. The normalized spacial score (nSPS) is 13.4. The van der Waals surface area contributed by atoms with Gasteiger partial charge >= 0.3 is 0 Å². The number of carbonyl (C=O) groups is 1. The first-order valence-electron chi connectivity index (χ1n) is 6.51. The van der Waals surface area contributed by atoms with E-state index >= 15 is 0 Å². The number of primary amides is 1. The van der Waals surface area contributed by atoms with Gasteiger partial charge in [0, 0.05) is 5.56 Å². The summed E-state index contributed by atoms with van der Waals surface area (Å²) in [6, 6.07) is 15.0. The standard InChI is InChI=1S/C16H17NO4/c17-15(19)16(20,12-6-2-1-3-7-12)13-8-4-5-9-14(13)21-11-10-18/h1-9,18,20H,10-11H2,(H2,17,19). The smallest absolute Gasteiger partial charge is 0.258 e. The quantitative estimate of drug-likeness (QED) is 0.732. The maximum absolute atomic E-state index is 11.9. The Labute approximate surface area is 122 Å². The lowest BCUT2D eigenvalue weighted by atomic mass is 9.85. The average Bonchev–Trinajstić information content (AvgIpc) is 2.53. The number of benzene rings is 2. The van der Waals surface area contributed by atoms with E-state index in [1.165, 1.54) is 0 Å². The second kappa shape index (κ2) is 6.39. The fourth-order valence-corrected chi connectivity index (χ4v) is 2.16. The number of nitrogens with two attached hydrogens (primary N) is 1. The van der Waals surface area contributed by atoms with Gasteiger partial charge < -0.3 is 20.7 Å². The molecule has 21 heavy (non-hydrogen) atoms. The van der Waals surface area contributed by atoms with Crippen LogP contribution in [0.2, 0.25) is 0 Å². The van der Waals surface area contributed by atoms with Crippen molar-refractivity contribution in [2.24, 2.45) is 5.73 Å².